The topological polar surface area (TPSA) is 67.6 Å². The number of carbonyl (C=O) groups is 1. The van der Waals surface area contributed by atoms with E-state index < -0.39 is 0 Å². The van der Waals surface area contributed by atoms with Gasteiger partial charge in [0.25, 0.3) is 0 Å². The molecule has 1 fully saturated rings. The minimum absolute atomic E-state index is 0.00533. The maximum Gasteiger partial charge on any atom is 0.221 e. The minimum atomic E-state index is -0.00533. The number of ether oxygens (including phenoxy) is 1. The Hall–Kier alpha value is -0.650. The number of nitrogens with two attached hydrogens (primary N) is 1. The van der Waals surface area contributed by atoms with E-state index in [4.69, 9.17) is 10.5 Å². The molecule has 0 aromatic rings. The van der Waals surface area contributed by atoms with Crippen LogP contribution in [0.3, 0.4) is 0 Å². The van der Waals surface area contributed by atoms with Crippen molar-refractivity contribution in [2.45, 2.75) is 32.2 Å². The second-order valence-electron chi connectivity index (χ2n) is 4.53. The quantitative estimate of drug-likeness (QED) is 0.615. The molecular weight excluding hydrogens is 218 g/mol. The molecule has 1 amide bonds. The molecule has 1 aliphatic heterocycles. The summed E-state index contributed by atoms with van der Waals surface area (Å²) < 4.78 is 5.28. The van der Waals surface area contributed by atoms with Crippen LogP contribution in [-0.2, 0) is 9.53 Å². The van der Waals surface area contributed by atoms with Gasteiger partial charge in [-0.25, -0.2) is 0 Å². The Morgan fingerprint density at radius 1 is 1.47 bits per heavy atom. The van der Waals surface area contributed by atoms with Crippen LogP contribution < -0.4 is 11.1 Å². The van der Waals surface area contributed by atoms with E-state index in [0.29, 0.717) is 6.42 Å². The summed E-state index contributed by atoms with van der Waals surface area (Å²) in [6.07, 6.45) is 2.28. The first-order chi connectivity index (χ1) is 8.22. The maximum atomic E-state index is 11.4. The Labute approximate surface area is 104 Å². The molecule has 1 rings (SSSR count). The van der Waals surface area contributed by atoms with Crippen molar-refractivity contribution in [1.82, 2.24) is 10.2 Å². The molecule has 0 aromatic carbocycles. The SMILES string of the molecule is CCC(N)CC(=O)NCCCN1CCOCC1. The molecule has 1 unspecified atom stereocenters. The highest BCUT2D eigenvalue weighted by Gasteiger charge is 2.10. The lowest BCUT2D eigenvalue weighted by molar-refractivity contribution is -0.121. The molecule has 1 heterocycles. The van der Waals surface area contributed by atoms with E-state index >= 15 is 0 Å². The highest BCUT2D eigenvalue weighted by atomic mass is 16.5. The number of hydrogen-bond acceptors (Lipinski definition) is 4. The Balaban J connectivity index is 1.97. The number of carbonyl (C=O) groups excluding carboxylic acids is 1. The van der Waals surface area contributed by atoms with E-state index in [1.165, 1.54) is 0 Å². The Morgan fingerprint density at radius 2 is 2.18 bits per heavy atom. The number of amides is 1. The molecule has 5 nitrogen and oxygen atoms in total. The van der Waals surface area contributed by atoms with Gasteiger partial charge in [-0.05, 0) is 19.4 Å². The van der Waals surface area contributed by atoms with Crippen LogP contribution in [0.2, 0.25) is 0 Å². The summed E-state index contributed by atoms with van der Waals surface area (Å²) >= 11 is 0. The zero-order valence-electron chi connectivity index (χ0n) is 10.8. The Morgan fingerprint density at radius 3 is 2.82 bits per heavy atom. The maximum absolute atomic E-state index is 11.4. The number of nitrogens with zero attached hydrogens (tertiary/aromatic N) is 1. The Bertz CT molecular complexity index is 218. The van der Waals surface area contributed by atoms with Gasteiger partial charge in [-0.15, -0.1) is 0 Å². The van der Waals surface area contributed by atoms with Gasteiger partial charge >= 0.3 is 0 Å². The van der Waals surface area contributed by atoms with E-state index in [-0.39, 0.29) is 11.9 Å². The molecule has 0 bridgehead atoms. The average molecular weight is 243 g/mol. The second-order valence-corrected chi connectivity index (χ2v) is 4.53. The van der Waals surface area contributed by atoms with E-state index in [1.54, 1.807) is 0 Å². The molecule has 0 aliphatic carbocycles. The molecule has 1 aliphatic rings. The summed E-state index contributed by atoms with van der Waals surface area (Å²) in [5.41, 5.74) is 5.71. The Kier molecular flexibility index (Phi) is 7.16. The highest BCUT2D eigenvalue weighted by molar-refractivity contribution is 5.76. The molecule has 5 heteroatoms. The molecular formula is C12H25N3O2. The van der Waals surface area contributed by atoms with Gasteiger partial charge in [-0.2, -0.15) is 0 Å². The smallest absolute Gasteiger partial charge is 0.221 e. The first-order valence-electron chi connectivity index (χ1n) is 6.54. The predicted molar refractivity (Wildman–Crippen MR) is 67.8 cm³/mol. The standard InChI is InChI=1S/C12H25N3O2/c1-2-11(13)10-12(16)14-4-3-5-15-6-8-17-9-7-15/h11H,2-10,13H2,1H3,(H,14,16). The van der Waals surface area contributed by atoms with Crippen LogP contribution in [0.5, 0.6) is 0 Å². The predicted octanol–water partition coefficient (Wildman–Crippen LogP) is -0.0477. The molecule has 17 heavy (non-hydrogen) atoms. The van der Waals surface area contributed by atoms with E-state index in [1.807, 2.05) is 6.92 Å². The highest BCUT2D eigenvalue weighted by Crippen LogP contribution is 1.97. The van der Waals surface area contributed by atoms with Crippen LogP contribution in [0.25, 0.3) is 0 Å². The lowest BCUT2D eigenvalue weighted by Crippen LogP contribution is -2.38. The minimum Gasteiger partial charge on any atom is -0.379 e. The summed E-state index contributed by atoms with van der Waals surface area (Å²) in [6.45, 7) is 7.45. The number of rotatable bonds is 7. The van der Waals surface area contributed by atoms with Crippen LogP contribution in [0.1, 0.15) is 26.2 Å². The molecule has 100 valence electrons. The van der Waals surface area contributed by atoms with Crippen LogP contribution >= 0.6 is 0 Å². The third-order valence-electron chi connectivity index (χ3n) is 3.05. The van der Waals surface area contributed by atoms with Gasteiger partial charge in [0, 0.05) is 32.1 Å². The van der Waals surface area contributed by atoms with Gasteiger partial charge in [0.2, 0.25) is 5.91 Å². The van der Waals surface area contributed by atoms with Gasteiger partial charge in [-0.1, -0.05) is 6.92 Å². The van der Waals surface area contributed by atoms with Gasteiger partial charge < -0.3 is 15.8 Å². The van der Waals surface area contributed by atoms with Crippen molar-refractivity contribution in [1.29, 1.82) is 0 Å². The molecule has 1 saturated heterocycles. The fourth-order valence-corrected chi connectivity index (χ4v) is 1.81. The van der Waals surface area contributed by atoms with Crippen molar-refractivity contribution in [3.05, 3.63) is 0 Å². The third kappa shape index (κ3) is 6.61. The lowest BCUT2D eigenvalue weighted by atomic mass is 10.1. The van der Waals surface area contributed by atoms with Gasteiger partial charge in [-0.3, -0.25) is 9.69 Å². The number of hydrogen-bond donors (Lipinski definition) is 2. The molecule has 0 saturated carbocycles. The van der Waals surface area contributed by atoms with Crippen LogP contribution in [0.15, 0.2) is 0 Å². The van der Waals surface area contributed by atoms with Crippen molar-refractivity contribution in [3.63, 3.8) is 0 Å². The molecule has 0 spiro atoms. The van der Waals surface area contributed by atoms with E-state index in [0.717, 1.165) is 52.2 Å². The van der Waals surface area contributed by atoms with Crippen LogP contribution in [0, 0.1) is 0 Å². The molecule has 1 atom stereocenters. The average Bonchev–Trinajstić information content (AvgIpc) is 2.36. The number of morpholine rings is 1. The summed E-state index contributed by atoms with van der Waals surface area (Å²) in [7, 11) is 0. The molecule has 3 N–H and O–H groups in total. The monoisotopic (exact) mass is 243 g/mol. The largest absolute Gasteiger partial charge is 0.379 e. The van der Waals surface area contributed by atoms with Crippen LogP contribution in [0.4, 0.5) is 0 Å². The fraction of sp³-hybridized carbons (Fsp3) is 0.917. The van der Waals surface area contributed by atoms with Crippen LogP contribution in [-0.4, -0.2) is 56.2 Å². The van der Waals surface area contributed by atoms with Crippen molar-refractivity contribution >= 4 is 5.91 Å². The van der Waals surface area contributed by atoms with Crippen molar-refractivity contribution in [2.24, 2.45) is 5.73 Å². The zero-order chi connectivity index (χ0) is 12.5. The van der Waals surface area contributed by atoms with Gasteiger partial charge in [0.05, 0.1) is 13.2 Å². The van der Waals surface area contributed by atoms with E-state index in [9.17, 15) is 4.79 Å². The zero-order valence-corrected chi connectivity index (χ0v) is 10.8. The van der Waals surface area contributed by atoms with E-state index in [2.05, 4.69) is 10.2 Å². The first kappa shape index (κ1) is 14.4. The summed E-state index contributed by atoms with van der Waals surface area (Å²) in [5, 5.41) is 2.91. The molecule has 0 aromatic heterocycles. The fourth-order valence-electron chi connectivity index (χ4n) is 1.81. The summed E-state index contributed by atoms with van der Waals surface area (Å²) in [4.78, 5) is 13.8. The van der Waals surface area contributed by atoms with Gasteiger partial charge in [0.15, 0.2) is 0 Å². The summed E-state index contributed by atoms with van der Waals surface area (Å²) in [6, 6.07) is -0.00533. The summed E-state index contributed by atoms with van der Waals surface area (Å²) in [5.74, 6) is 0.0707. The number of nitrogens with one attached hydrogen (secondary N) is 1. The van der Waals surface area contributed by atoms with Gasteiger partial charge in [0.1, 0.15) is 0 Å². The van der Waals surface area contributed by atoms with Crippen molar-refractivity contribution < 1.29 is 9.53 Å². The lowest BCUT2D eigenvalue weighted by Gasteiger charge is -2.26. The third-order valence-corrected chi connectivity index (χ3v) is 3.05. The first-order valence-corrected chi connectivity index (χ1v) is 6.54. The normalized spacial score (nSPS) is 18.9. The second kappa shape index (κ2) is 8.44. The van der Waals surface area contributed by atoms with Crippen molar-refractivity contribution in [3.8, 4) is 0 Å². The van der Waals surface area contributed by atoms with Crippen molar-refractivity contribution in [2.75, 3.05) is 39.4 Å². The molecule has 0 radical (unpaired) electrons.